The molecule has 7 heteroatoms. The van der Waals surface area contributed by atoms with Gasteiger partial charge in [-0.15, -0.1) is 0 Å². The first-order chi connectivity index (χ1) is 8.58. The fraction of sp³-hybridized carbons (Fsp3) is 0.167. The van der Waals surface area contributed by atoms with E-state index in [1.165, 1.54) is 36.7 Å². The summed E-state index contributed by atoms with van der Waals surface area (Å²) in [4.78, 5) is 15.2. The Morgan fingerprint density at radius 3 is 2.63 bits per heavy atom. The number of Topliss-reactive ketones (excluding diaryl/α,β-unsaturated/α-hetero) is 1. The zero-order valence-corrected chi connectivity index (χ0v) is 14.2. The van der Waals surface area contributed by atoms with Crippen molar-refractivity contribution in [1.82, 2.24) is 4.98 Å². The van der Waals surface area contributed by atoms with Gasteiger partial charge in [0.05, 0.1) is 5.70 Å². The third kappa shape index (κ3) is 8.14. The van der Waals surface area contributed by atoms with E-state index in [0.29, 0.717) is 0 Å². The fourth-order valence-electron chi connectivity index (χ4n) is 0.933. The van der Waals surface area contributed by atoms with Crippen LogP contribution in [0.1, 0.15) is 17.4 Å². The molecule has 1 aromatic rings. The van der Waals surface area contributed by atoms with Gasteiger partial charge in [0.2, 0.25) is 5.78 Å². The van der Waals surface area contributed by atoms with Gasteiger partial charge in [0.25, 0.3) is 0 Å². The van der Waals surface area contributed by atoms with Crippen LogP contribution in [0.2, 0.25) is 0 Å². The SMILES string of the molecule is CCO.N/C=C\C=C(/N)C(=O)c1ncccc1[O-].[K+]. The Balaban J connectivity index is 0. The van der Waals surface area contributed by atoms with E-state index in [1.807, 2.05) is 0 Å². The first-order valence-corrected chi connectivity index (χ1v) is 5.20. The number of rotatable bonds is 3. The Morgan fingerprint density at radius 1 is 1.58 bits per heavy atom. The van der Waals surface area contributed by atoms with Crippen molar-refractivity contribution in [3.8, 4) is 5.75 Å². The van der Waals surface area contributed by atoms with Gasteiger partial charge in [-0.25, -0.2) is 0 Å². The van der Waals surface area contributed by atoms with Crippen LogP contribution in [-0.2, 0) is 0 Å². The Kier molecular flexibility index (Phi) is 13.4. The molecule has 0 amide bonds. The molecule has 1 aromatic heterocycles. The minimum atomic E-state index is -0.598. The van der Waals surface area contributed by atoms with E-state index in [9.17, 15) is 9.90 Å². The predicted molar refractivity (Wildman–Crippen MR) is 66.4 cm³/mol. The van der Waals surface area contributed by atoms with Gasteiger partial charge in [0, 0.05) is 12.8 Å². The second-order valence-electron chi connectivity index (χ2n) is 3.00. The normalized spacial score (nSPS) is 10.3. The summed E-state index contributed by atoms with van der Waals surface area (Å²) in [6.07, 6.45) is 5.31. The van der Waals surface area contributed by atoms with Gasteiger partial charge in [-0.05, 0) is 31.3 Å². The van der Waals surface area contributed by atoms with Crippen molar-refractivity contribution in [2.45, 2.75) is 6.92 Å². The monoisotopic (exact) mass is 289 g/mol. The van der Waals surface area contributed by atoms with Crippen LogP contribution in [0, 0.1) is 0 Å². The summed E-state index contributed by atoms with van der Waals surface area (Å²) in [6, 6.07) is 2.71. The molecule has 0 saturated carbocycles. The number of allylic oxidation sites excluding steroid dienone is 3. The number of hydrogen-bond donors (Lipinski definition) is 3. The van der Waals surface area contributed by atoms with Crippen LogP contribution in [0.4, 0.5) is 0 Å². The molecule has 5 N–H and O–H groups in total. The smallest absolute Gasteiger partial charge is 0.871 e. The van der Waals surface area contributed by atoms with Crippen molar-refractivity contribution in [2.24, 2.45) is 11.5 Å². The zero-order valence-electron chi connectivity index (χ0n) is 11.0. The van der Waals surface area contributed by atoms with Crippen LogP contribution in [0.15, 0.2) is 42.4 Å². The van der Waals surface area contributed by atoms with E-state index in [1.54, 1.807) is 6.92 Å². The number of pyridine rings is 1. The molecule has 0 bridgehead atoms. The van der Waals surface area contributed by atoms with Crippen LogP contribution in [0.3, 0.4) is 0 Å². The minimum Gasteiger partial charge on any atom is -0.871 e. The van der Waals surface area contributed by atoms with E-state index in [-0.39, 0.29) is 69.4 Å². The van der Waals surface area contributed by atoms with Gasteiger partial charge >= 0.3 is 51.4 Å². The van der Waals surface area contributed by atoms with Gasteiger partial charge in [0.15, 0.2) is 0 Å². The molecule has 6 nitrogen and oxygen atoms in total. The summed E-state index contributed by atoms with van der Waals surface area (Å²) in [7, 11) is 0. The molecule has 0 unspecified atom stereocenters. The third-order valence-corrected chi connectivity index (χ3v) is 1.63. The van der Waals surface area contributed by atoms with Crippen LogP contribution in [-0.4, -0.2) is 22.5 Å². The second-order valence-corrected chi connectivity index (χ2v) is 3.00. The van der Waals surface area contributed by atoms with Gasteiger partial charge < -0.3 is 21.7 Å². The largest absolute Gasteiger partial charge is 1.00 e. The maximum Gasteiger partial charge on any atom is 1.00 e. The van der Waals surface area contributed by atoms with Gasteiger partial charge in [0.1, 0.15) is 5.69 Å². The molecule has 1 rings (SSSR count). The van der Waals surface area contributed by atoms with Crippen molar-refractivity contribution in [1.29, 1.82) is 0 Å². The fourth-order valence-corrected chi connectivity index (χ4v) is 0.933. The summed E-state index contributed by atoms with van der Waals surface area (Å²) in [5.41, 5.74) is 10.2. The molecule has 0 aliphatic heterocycles. The summed E-state index contributed by atoms with van der Waals surface area (Å²) in [5, 5.41) is 18.8. The summed E-state index contributed by atoms with van der Waals surface area (Å²) in [5.74, 6) is -1.05. The van der Waals surface area contributed by atoms with E-state index in [0.717, 1.165) is 0 Å². The number of hydrogen-bond acceptors (Lipinski definition) is 6. The van der Waals surface area contributed by atoms with E-state index in [4.69, 9.17) is 16.6 Å². The zero-order chi connectivity index (χ0) is 14.0. The molecule has 0 aliphatic rings. The second kappa shape index (κ2) is 12.3. The molecule has 98 valence electrons. The van der Waals surface area contributed by atoms with Crippen LogP contribution in [0.5, 0.6) is 5.75 Å². The minimum absolute atomic E-state index is 0. The van der Waals surface area contributed by atoms with Crippen molar-refractivity contribution in [3.05, 3.63) is 48.1 Å². The van der Waals surface area contributed by atoms with Gasteiger partial charge in [-0.1, -0.05) is 11.8 Å². The third-order valence-electron chi connectivity index (χ3n) is 1.63. The van der Waals surface area contributed by atoms with Crippen LogP contribution < -0.4 is 68.0 Å². The molecule has 0 saturated heterocycles. The maximum absolute atomic E-state index is 11.5. The molecular weight excluding hydrogens is 273 g/mol. The summed E-state index contributed by atoms with van der Waals surface area (Å²) >= 11 is 0. The van der Waals surface area contributed by atoms with Crippen molar-refractivity contribution in [2.75, 3.05) is 6.61 Å². The first kappa shape index (κ1) is 20.6. The van der Waals surface area contributed by atoms with Gasteiger partial charge in [-0.2, -0.15) is 0 Å². The van der Waals surface area contributed by atoms with E-state index < -0.39 is 11.5 Å². The standard InChI is InChI=1S/C10H11N3O2.C2H6O.K/c11-5-1-3-7(12)10(15)9-8(14)4-2-6-13-9;1-2-3;/h1-6,14H,11-12H2;3H,2H2,1H3;/q;;+1/p-1/b5-1-,7-3-;;. The average Bonchev–Trinajstić information content (AvgIpc) is 2.36. The number of aliphatic hydroxyl groups is 1. The van der Waals surface area contributed by atoms with Crippen molar-refractivity contribution in [3.63, 3.8) is 0 Å². The summed E-state index contributed by atoms with van der Waals surface area (Å²) in [6.45, 7) is 1.93. The number of carbonyl (C=O) groups excluding carboxylic acids is 1. The Bertz CT molecular complexity index is 448. The molecule has 19 heavy (non-hydrogen) atoms. The molecular formula is C12H16KN3O3. The van der Waals surface area contributed by atoms with Crippen molar-refractivity contribution >= 4 is 5.78 Å². The average molecular weight is 289 g/mol. The van der Waals surface area contributed by atoms with Crippen molar-refractivity contribution < 1.29 is 66.4 Å². The topological polar surface area (TPSA) is 125 Å². The number of aromatic nitrogens is 1. The van der Waals surface area contributed by atoms with Gasteiger partial charge in [-0.3, -0.25) is 9.78 Å². The Hall–Kier alpha value is -0.704. The molecule has 0 aliphatic carbocycles. The summed E-state index contributed by atoms with van der Waals surface area (Å²) < 4.78 is 0. The number of nitrogens with two attached hydrogens (primary N) is 2. The maximum atomic E-state index is 11.5. The molecule has 0 atom stereocenters. The Labute approximate surface area is 154 Å². The molecule has 0 radical (unpaired) electrons. The predicted octanol–water partition coefficient (Wildman–Crippen LogP) is -3.34. The molecule has 0 aromatic carbocycles. The molecule has 1 heterocycles. The van der Waals surface area contributed by atoms with E-state index >= 15 is 0 Å². The number of nitrogens with zero attached hydrogens (tertiary/aromatic N) is 1. The number of ketones is 1. The molecule has 0 spiro atoms. The molecule has 0 fully saturated rings. The van der Waals surface area contributed by atoms with Crippen LogP contribution in [0.25, 0.3) is 0 Å². The number of carbonyl (C=O) groups is 1. The van der Waals surface area contributed by atoms with E-state index in [2.05, 4.69) is 4.98 Å². The van der Waals surface area contributed by atoms with Crippen LogP contribution >= 0.6 is 0 Å². The quantitative estimate of drug-likeness (QED) is 0.231. The Morgan fingerprint density at radius 2 is 2.16 bits per heavy atom. The first-order valence-electron chi connectivity index (χ1n) is 5.20. The number of aliphatic hydroxyl groups excluding tert-OH is 1.